The van der Waals surface area contributed by atoms with E-state index in [0.717, 1.165) is 0 Å². The lowest BCUT2D eigenvalue weighted by molar-refractivity contribution is 1.27. The summed E-state index contributed by atoms with van der Waals surface area (Å²) >= 11 is 7.58. The van der Waals surface area contributed by atoms with Gasteiger partial charge < -0.3 is 0 Å². The smallest absolute Gasteiger partial charge is 0.0584 e. The number of fused-ring (bicyclic) bond motifs is 2. The van der Waals surface area contributed by atoms with Gasteiger partial charge in [0.25, 0.3) is 0 Å². The summed E-state index contributed by atoms with van der Waals surface area (Å²) in [4.78, 5) is 5.36. The van der Waals surface area contributed by atoms with Gasteiger partial charge in [-0.05, 0) is 35.4 Å². The molecular weight excluding hydrogens is 465 g/mol. The Kier molecular flexibility index (Phi) is 5.70. The van der Waals surface area contributed by atoms with Crippen LogP contribution in [0.1, 0.15) is 11.1 Å². The molecule has 4 aromatic rings. The summed E-state index contributed by atoms with van der Waals surface area (Å²) in [5.74, 6) is 0. The molecular formula is C28H18S4. The first kappa shape index (κ1) is 20.4. The lowest BCUT2D eigenvalue weighted by atomic mass is 9.95. The minimum absolute atomic E-state index is 1.26. The predicted octanol–water partition coefficient (Wildman–Crippen LogP) is 9.52. The van der Waals surface area contributed by atoms with Crippen LogP contribution in [0.2, 0.25) is 0 Å². The highest BCUT2D eigenvalue weighted by Crippen LogP contribution is 2.60. The van der Waals surface area contributed by atoms with Gasteiger partial charge in [-0.3, -0.25) is 0 Å². The van der Waals surface area contributed by atoms with E-state index in [2.05, 4.69) is 109 Å². The minimum atomic E-state index is 1.26. The van der Waals surface area contributed by atoms with Crippen LogP contribution in [0.15, 0.2) is 137 Å². The highest BCUT2D eigenvalue weighted by atomic mass is 32.2. The van der Waals surface area contributed by atoms with Crippen molar-refractivity contribution in [3.8, 4) is 0 Å². The number of allylic oxidation sites excluding steroid dienone is 2. The molecule has 0 atom stereocenters. The first-order valence-corrected chi connectivity index (χ1v) is 13.6. The molecule has 4 heteroatoms. The quantitative estimate of drug-likeness (QED) is 0.285. The highest BCUT2D eigenvalue weighted by Gasteiger charge is 2.29. The average molecular weight is 483 g/mol. The van der Waals surface area contributed by atoms with Gasteiger partial charge in [-0.15, -0.1) is 0 Å². The van der Waals surface area contributed by atoms with E-state index >= 15 is 0 Å². The second kappa shape index (κ2) is 8.95. The molecule has 0 bridgehead atoms. The molecule has 6 rings (SSSR count). The number of hydrogen-bond donors (Lipinski definition) is 0. The molecule has 0 aliphatic carbocycles. The second-order valence-electron chi connectivity index (χ2n) is 7.36. The summed E-state index contributed by atoms with van der Waals surface area (Å²) in [5.41, 5.74) is 5.18. The van der Waals surface area contributed by atoms with E-state index in [9.17, 15) is 0 Å². The van der Waals surface area contributed by atoms with Gasteiger partial charge in [-0.1, -0.05) is 132 Å². The normalized spacial score (nSPS) is 14.2. The summed E-state index contributed by atoms with van der Waals surface area (Å²) in [5, 5.41) is 0. The fraction of sp³-hybridized carbons (Fsp3) is 0. The van der Waals surface area contributed by atoms with Crippen molar-refractivity contribution in [2.24, 2.45) is 0 Å². The van der Waals surface area contributed by atoms with Gasteiger partial charge >= 0.3 is 0 Å². The Hall–Kier alpha value is -2.24. The standard InChI is InChI=1S/C28H18S4/c1-3-11-19(12-4-1)25(27-29-21-15-7-8-16-22(21)30-27)26(20-13-5-2-6-14-20)28-31-23-17-9-10-18-24(23)32-28/h1-18H. The first-order valence-electron chi connectivity index (χ1n) is 10.4. The zero-order chi connectivity index (χ0) is 21.3. The lowest BCUT2D eigenvalue weighted by Gasteiger charge is -2.18. The monoisotopic (exact) mass is 482 g/mol. The summed E-state index contributed by atoms with van der Waals surface area (Å²) in [6.07, 6.45) is 0. The molecule has 0 aromatic heterocycles. The fourth-order valence-electron chi connectivity index (χ4n) is 3.82. The van der Waals surface area contributed by atoms with Crippen LogP contribution in [0.4, 0.5) is 0 Å². The maximum Gasteiger partial charge on any atom is 0.0584 e. The summed E-state index contributed by atoms with van der Waals surface area (Å²) < 4.78 is 2.70. The minimum Gasteiger partial charge on any atom is -0.0809 e. The van der Waals surface area contributed by atoms with E-state index in [1.807, 2.05) is 47.0 Å². The molecule has 32 heavy (non-hydrogen) atoms. The van der Waals surface area contributed by atoms with E-state index in [1.165, 1.54) is 50.3 Å². The Balaban J connectivity index is 1.60. The van der Waals surface area contributed by atoms with Gasteiger partial charge in [0.05, 0.1) is 8.47 Å². The number of hydrogen-bond acceptors (Lipinski definition) is 4. The summed E-state index contributed by atoms with van der Waals surface area (Å²) in [6.45, 7) is 0. The van der Waals surface area contributed by atoms with Crippen LogP contribution in [0, 0.1) is 0 Å². The Labute approximate surface area is 205 Å². The van der Waals surface area contributed by atoms with Gasteiger partial charge in [-0.2, -0.15) is 0 Å². The maximum atomic E-state index is 2.24. The Bertz CT molecular complexity index is 1190. The van der Waals surface area contributed by atoms with Crippen LogP contribution in [0.3, 0.4) is 0 Å². The molecule has 0 nitrogen and oxygen atoms in total. The van der Waals surface area contributed by atoms with Crippen molar-refractivity contribution < 1.29 is 0 Å². The van der Waals surface area contributed by atoms with E-state index in [4.69, 9.17) is 0 Å². The molecule has 0 radical (unpaired) electrons. The van der Waals surface area contributed by atoms with E-state index in [1.54, 1.807) is 0 Å². The number of benzene rings is 4. The van der Waals surface area contributed by atoms with Crippen molar-refractivity contribution in [3.05, 3.63) is 129 Å². The lowest BCUT2D eigenvalue weighted by Crippen LogP contribution is -1.94. The Morgan fingerprint density at radius 2 is 0.625 bits per heavy atom. The third-order valence-corrected chi connectivity index (χ3v) is 10.4. The first-order chi connectivity index (χ1) is 15.9. The molecule has 4 aromatic carbocycles. The molecule has 0 amide bonds. The second-order valence-corrected chi connectivity index (χ2v) is 12.1. The van der Waals surface area contributed by atoms with Gasteiger partial charge in [0, 0.05) is 30.7 Å². The van der Waals surface area contributed by atoms with Gasteiger partial charge in [0.15, 0.2) is 0 Å². The van der Waals surface area contributed by atoms with E-state index in [0.29, 0.717) is 0 Å². The molecule has 0 fully saturated rings. The van der Waals surface area contributed by atoms with Crippen LogP contribution in [0.25, 0.3) is 11.1 Å². The number of rotatable bonds is 3. The third kappa shape index (κ3) is 3.86. The third-order valence-electron chi connectivity index (χ3n) is 5.29. The molecule has 0 N–H and O–H groups in total. The van der Waals surface area contributed by atoms with Crippen LogP contribution < -0.4 is 0 Å². The van der Waals surface area contributed by atoms with Crippen molar-refractivity contribution >= 4 is 58.2 Å². The highest BCUT2D eigenvalue weighted by molar-refractivity contribution is 8.25. The largest absolute Gasteiger partial charge is 0.0809 e. The topological polar surface area (TPSA) is 0 Å². The molecule has 0 spiro atoms. The van der Waals surface area contributed by atoms with Crippen molar-refractivity contribution in [1.82, 2.24) is 0 Å². The van der Waals surface area contributed by atoms with Crippen LogP contribution in [-0.2, 0) is 0 Å². The molecule has 0 saturated carbocycles. The van der Waals surface area contributed by atoms with Gasteiger partial charge in [-0.25, -0.2) is 0 Å². The molecule has 2 heterocycles. The van der Waals surface area contributed by atoms with Crippen LogP contribution >= 0.6 is 47.0 Å². The average Bonchev–Trinajstić information content (AvgIpc) is 3.47. The van der Waals surface area contributed by atoms with Crippen molar-refractivity contribution in [2.75, 3.05) is 0 Å². The van der Waals surface area contributed by atoms with Crippen molar-refractivity contribution in [1.29, 1.82) is 0 Å². The molecule has 2 aliphatic heterocycles. The van der Waals surface area contributed by atoms with Crippen LogP contribution in [-0.4, -0.2) is 0 Å². The van der Waals surface area contributed by atoms with Gasteiger partial charge in [0.2, 0.25) is 0 Å². The summed E-state index contributed by atoms with van der Waals surface area (Å²) in [6, 6.07) is 39.2. The number of thioether (sulfide) groups is 4. The Morgan fingerprint density at radius 3 is 0.938 bits per heavy atom. The van der Waals surface area contributed by atoms with Crippen LogP contribution in [0.5, 0.6) is 0 Å². The molecule has 2 aliphatic rings. The maximum absolute atomic E-state index is 2.24. The molecule has 0 unspecified atom stereocenters. The zero-order valence-corrected chi connectivity index (χ0v) is 20.3. The molecule has 0 saturated heterocycles. The van der Waals surface area contributed by atoms with E-state index in [-0.39, 0.29) is 0 Å². The van der Waals surface area contributed by atoms with Crippen molar-refractivity contribution in [3.63, 3.8) is 0 Å². The SMILES string of the molecule is c1ccc(C(=C2Sc3ccccc3S2)C(=C2Sc3ccccc3S2)c2ccccc2)cc1. The van der Waals surface area contributed by atoms with Gasteiger partial charge in [0.1, 0.15) is 0 Å². The Morgan fingerprint density at radius 1 is 0.344 bits per heavy atom. The molecule has 154 valence electrons. The zero-order valence-electron chi connectivity index (χ0n) is 17.0. The van der Waals surface area contributed by atoms with Crippen molar-refractivity contribution in [2.45, 2.75) is 19.6 Å². The fourth-order valence-corrected chi connectivity index (χ4v) is 9.08. The van der Waals surface area contributed by atoms with E-state index < -0.39 is 0 Å². The predicted molar refractivity (Wildman–Crippen MR) is 143 cm³/mol. The summed E-state index contributed by atoms with van der Waals surface area (Å²) in [7, 11) is 0.